The second-order valence-electron chi connectivity index (χ2n) is 4.95. The summed E-state index contributed by atoms with van der Waals surface area (Å²) in [5, 5.41) is 2.90. The summed E-state index contributed by atoms with van der Waals surface area (Å²) in [4.78, 5) is 12.2. The molecule has 0 radical (unpaired) electrons. The molecule has 4 nitrogen and oxygen atoms in total. The van der Waals surface area contributed by atoms with E-state index >= 15 is 0 Å². The van der Waals surface area contributed by atoms with Crippen molar-refractivity contribution in [2.75, 3.05) is 18.5 Å². The third kappa shape index (κ3) is 4.24. The summed E-state index contributed by atoms with van der Waals surface area (Å²) in [7, 11) is 0. The summed E-state index contributed by atoms with van der Waals surface area (Å²) in [6.45, 7) is 6.90. The minimum Gasteiger partial charge on any atom is -0.494 e. The molecule has 0 aliphatic carbocycles. The molecular weight excluding hydrogens is 240 g/mol. The SMILES string of the molecule is CCCOc1cccc(NC(=O)C(C)(CC)CN)c1. The molecule has 0 bridgehead atoms. The fourth-order valence-electron chi connectivity index (χ4n) is 1.56. The Morgan fingerprint density at radius 2 is 2.16 bits per heavy atom. The van der Waals surface area contributed by atoms with E-state index in [-0.39, 0.29) is 5.91 Å². The number of carbonyl (C=O) groups excluding carboxylic acids is 1. The molecular formula is C15H24N2O2. The second-order valence-corrected chi connectivity index (χ2v) is 4.95. The minimum absolute atomic E-state index is 0.0508. The summed E-state index contributed by atoms with van der Waals surface area (Å²) >= 11 is 0. The van der Waals surface area contributed by atoms with Gasteiger partial charge in [0.15, 0.2) is 0 Å². The van der Waals surface area contributed by atoms with Gasteiger partial charge in [0.1, 0.15) is 5.75 Å². The maximum absolute atomic E-state index is 12.2. The number of ether oxygens (including phenoxy) is 1. The quantitative estimate of drug-likeness (QED) is 0.796. The van der Waals surface area contributed by atoms with Gasteiger partial charge in [-0.2, -0.15) is 0 Å². The van der Waals surface area contributed by atoms with Crippen LogP contribution in [0.1, 0.15) is 33.6 Å². The van der Waals surface area contributed by atoms with Crippen molar-refractivity contribution in [1.29, 1.82) is 0 Å². The van der Waals surface area contributed by atoms with Gasteiger partial charge in [0.25, 0.3) is 0 Å². The van der Waals surface area contributed by atoms with Gasteiger partial charge in [-0.25, -0.2) is 0 Å². The number of carbonyl (C=O) groups is 1. The fraction of sp³-hybridized carbons (Fsp3) is 0.533. The van der Waals surface area contributed by atoms with E-state index in [2.05, 4.69) is 12.2 Å². The van der Waals surface area contributed by atoms with Crippen LogP contribution in [0, 0.1) is 5.41 Å². The van der Waals surface area contributed by atoms with Crippen molar-refractivity contribution in [1.82, 2.24) is 0 Å². The van der Waals surface area contributed by atoms with Crippen molar-refractivity contribution in [3.63, 3.8) is 0 Å². The van der Waals surface area contributed by atoms with Crippen LogP contribution in [0.3, 0.4) is 0 Å². The van der Waals surface area contributed by atoms with E-state index in [4.69, 9.17) is 10.5 Å². The predicted octanol–water partition coefficient (Wildman–Crippen LogP) is 2.79. The van der Waals surface area contributed by atoms with E-state index in [1.165, 1.54) is 0 Å². The normalized spacial score (nSPS) is 13.7. The van der Waals surface area contributed by atoms with Gasteiger partial charge in [-0.3, -0.25) is 4.79 Å². The van der Waals surface area contributed by atoms with Gasteiger partial charge in [-0.15, -0.1) is 0 Å². The highest BCUT2D eigenvalue weighted by Crippen LogP contribution is 2.23. The number of hydrogen-bond donors (Lipinski definition) is 2. The number of nitrogens with two attached hydrogens (primary N) is 1. The molecule has 1 aromatic rings. The highest BCUT2D eigenvalue weighted by molar-refractivity contribution is 5.95. The number of amides is 1. The summed E-state index contributed by atoms with van der Waals surface area (Å²) < 4.78 is 5.54. The van der Waals surface area contributed by atoms with Crippen LogP contribution in [0.5, 0.6) is 5.75 Å². The Kier molecular flexibility index (Phi) is 5.83. The van der Waals surface area contributed by atoms with E-state index in [1.54, 1.807) is 0 Å². The Morgan fingerprint density at radius 3 is 2.74 bits per heavy atom. The molecule has 0 aliphatic heterocycles. The topological polar surface area (TPSA) is 64.3 Å². The summed E-state index contributed by atoms with van der Waals surface area (Å²) in [6, 6.07) is 7.43. The Balaban J connectivity index is 2.74. The van der Waals surface area contributed by atoms with E-state index in [0.29, 0.717) is 19.6 Å². The number of anilines is 1. The zero-order valence-electron chi connectivity index (χ0n) is 12.0. The maximum atomic E-state index is 12.2. The Labute approximate surface area is 115 Å². The zero-order valence-corrected chi connectivity index (χ0v) is 12.0. The molecule has 4 heteroatoms. The number of rotatable bonds is 7. The third-order valence-electron chi connectivity index (χ3n) is 3.34. The van der Waals surface area contributed by atoms with Crippen LogP contribution in [0.25, 0.3) is 0 Å². The Morgan fingerprint density at radius 1 is 1.42 bits per heavy atom. The number of benzene rings is 1. The first-order valence-electron chi connectivity index (χ1n) is 6.80. The highest BCUT2D eigenvalue weighted by Gasteiger charge is 2.29. The smallest absolute Gasteiger partial charge is 0.231 e. The van der Waals surface area contributed by atoms with Crippen LogP contribution in [-0.2, 0) is 4.79 Å². The van der Waals surface area contributed by atoms with Crippen molar-refractivity contribution in [2.45, 2.75) is 33.6 Å². The molecule has 0 aromatic heterocycles. The molecule has 0 aliphatic rings. The van der Waals surface area contributed by atoms with Crippen LogP contribution in [0.2, 0.25) is 0 Å². The van der Waals surface area contributed by atoms with E-state index < -0.39 is 5.41 Å². The van der Waals surface area contributed by atoms with Gasteiger partial charge in [-0.1, -0.05) is 19.9 Å². The minimum atomic E-state index is -0.527. The van der Waals surface area contributed by atoms with Crippen LogP contribution in [0.4, 0.5) is 5.69 Å². The van der Waals surface area contributed by atoms with Gasteiger partial charge in [0, 0.05) is 18.3 Å². The Hall–Kier alpha value is -1.55. The van der Waals surface area contributed by atoms with Crippen molar-refractivity contribution >= 4 is 11.6 Å². The third-order valence-corrected chi connectivity index (χ3v) is 3.34. The molecule has 0 spiro atoms. The molecule has 0 heterocycles. The van der Waals surface area contributed by atoms with Gasteiger partial charge in [0.05, 0.1) is 12.0 Å². The van der Waals surface area contributed by atoms with Gasteiger partial charge in [0.2, 0.25) is 5.91 Å². The monoisotopic (exact) mass is 264 g/mol. The second kappa shape index (κ2) is 7.14. The molecule has 0 saturated heterocycles. The average Bonchev–Trinajstić information content (AvgIpc) is 2.44. The average molecular weight is 264 g/mol. The van der Waals surface area contributed by atoms with E-state index in [9.17, 15) is 4.79 Å². The molecule has 106 valence electrons. The summed E-state index contributed by atoms with van der Waals surface area (Å²) in [6.07, 6.45) is 1.67. The first-order chi connectivity index (χ1) is 9.05. The predicted molar refractivity (Wildman–Crippen MR) is 78.3 cm³/mol. The van der Waals surface area contributed by atoms with Gasteiger partial charge >= 0.3 is 0 Å². The molecule has 19 heavy (non-hydrogen) atoms. The van der Waals surface area contributed by atoms with Crippen LogP contribution >= 0.6 is 0 Å². The van der Waals surface area contributed by atoms with Crippen molar-refractivity contribution in [2.24, 2.45) is 11.1 Å². The lowest BCUT2D eigenvalue weighted by molar-refractivity contribution is -0.124. The maximum Gasteiger partial charge on any atom is 0.231 e. The first-order valence-corrected chi connectivity index (χ1v) is 6.80. The van der Waals surface area contributed by atoms with E-state index in [0.717, 1.165) is 17.9 Å². The van der Waals surface area contributed by atoms with E-state index in [1.807, 2.05) is 38.1 Å². The number of hydrogen-bond acceptors (Lipinski definition) is 3. The molecule has 0 fully saturated rings. The fourth-order valence-corrected chi connectivity index (χ4v) is 1.56. The zero-order chi connectivity index (χ0) is 14.3. The van der Waals surface area contributed by atoms with Crippen molar-refractivity contribution in [3.05, 3.63) is 24.3 Å². The van der Waals surface area contributed by atoms with Crippen LogP contribution in [-0.4, -0.2) is 19.1 Å². The lowest BCUT2D eigenvalue weighted by Crippen LogP contribution is -2.39. The van der Waals surface area contributed by atoms with Gasteiger partial charge in [-0.05, 0) is 31.9 Å². The Bertz CT molecular complexity index is 414. The van der Waals surface area contributed by atoms with Gasteiger partial charge < -0.3 is 15.8 Å². The molecule has 3 N–H and O–H groups in total. The van der Waals surface area contributed by atoms with Crippen LogP contribution in [0.15, 0.2) is 24.3 Å². The molecule has 1 amide bonds. The molecule has 0 saturated carbocycles. The first kappa shape index (κ1) is 15.5. The molecule has 1 aromatic carbocycles. The molecule has 1 unspecified atom stereocenters. The largest absolute Gasteiger partial charge is 0.494 e. The van der Waals surface area contributed by atoms with Crippen molar-refractivity contribution < 1.29 is 9.53 Å². The number of nitrogens with one attached hydrogen (secondary N) is 1. The molecule has 1 atom stereocenters. The summed E-state index contributed by atoms with van der Waals surface area (Å²) in [5.41, 5.74) is 5.90. The molecule has 1 rings (SSSR count). The standard InChI is InChI=1S/C15H24N2O2/c1-4-9-19-13-8-6-7-12(10-13)17-14(18)15(3,5-2)11-16/h6-8,10H,4-5,9,11,16H2,1-3H3,(H,17,18). The lowest BCUT2D eigenvalue weighted by Gasteiger charge is -2.25. The van der Waals surface area contributed by atoms with Crippen molar-refractivity contribution in [3.8, 4) is 5.75 Å². The highest BCUT2D eigenvalue weighted by atomic mass is 16.5. The summed E-state index contributed by atoms with van der Waals surface area (Å²) in [5.74, 6) is 0.718. The van der Waals surface area contributed by atoms with Crippen LogP contribution < -0.4 is 15.8 Å². The lowest BCUT2D eigenvalue weighted by atomic mass is 9.86.